The first-order valence-electron chi connectivity index (χ1n) is 4.73. The highest BCUT2D eigenvalue weighted by molar-refractivity contribution is 7.94. The molecule has 0 amide bonds. The summed E-state index contributed by atoms with van der Waals surface area (Å²) in [5.74, 6) is 0.465. The SMILES string of the molecule is O=C1CCN(C2C=CS(=O)(=O)C2)CC1. The Morgan fingerprint density at radius 1 is 1.29 bits per heavy atom. The molecule has 78 valence electrons. The molecule has 0 aromatic heterocycles. The van der Waals surface area contributed by atoms with E-state index in [0.717, 1.165) is 0 Å². The van der Waals surface area contributed by atoms with Crippen LogP contribution in [-0.2, 0) is 14.6 Å². The van der Waals surface area contributed by atoms with Crippen molar-refractivity contribution >= 4 is 15.6 Å². The average molecular weight is 215 g/mol. The van der Waals surface area contributed by atoms with E-state index in [0.29, 0.717) is 25.9 Å². The van der Waals surface area contributed by atoms with E-state index in [-0.39, 0.29) is 17.6 Å². The van der Waals surface area contributed by atoms with Crippen molar-refractivity contribution in [2.75, 3.05) is 18.8 Å². The Morgan fingerprint density at radius 2 is 1.93 bits per heavy atom. The molecule has 2 aliphatic heterocycles. The predicted molar refractivity (Wildman–Crippen MR) is 52.5 cm³/mol. The third kappa shape index (κ3) is 2.04. The first-order chi connectivity index (χ1) is 6.57. The minimum absolute atomic E-state index is 0.00639. The lowest BCUT2D eigenvalue weighted by Gasteiger charge is -2.29. The van der Waals surface area contributed by atoms with Crippen LogP contribution in [-0.4, -0.2) is 44.0 Å². The Bertz CT molecular complexity index is 362. The molecule has 14 heavy (non-hydrogen) atoms. The molecule has 1 fully saturated rings. The Hall–Kier alpha value is -0.680. The van der Waals surface area contributed by atoms with Gasteiger partial charge in [-0.25, -0.2) is 8.42 Å². The topological polar surface area (TPSA) is 54.5 Å². The van der Waals surface area contributed by atoms with Crippen molar-refractivity contribution in [3.05, 3.63) is 11.5 Å². The molecule has 2 heterocycles. The molecule has 4 nitrogen and oxygen atoms in total. The first-order valence-corrected chi connectivity index (χ1v) is 6.45. The van der Waals surface area contributed by atoms with Gasteiger partial charge in [0.2, 0.25) is 0 Å². The van der Waals surface area contributed by atoms with Gasteiger partial charge >= 0.3 is 0 Å². The fourth-order valence-electron chi connectivity index (χ4n) is 1.89. The number of rotatable bonds is 1. The van der Waals surface area contributed by atoms with E-state index in [2.05, 4.69) is 4.90 Å². The largest absolute Gasteiger partial charge is 0.300 e. The minimum Gasteiger partial charge on any atom is -0.300 e. The lowest BCUT2D eigenvalue weighted by Crippen LogP contribution is -2.42. The maximum absolute atomic E-state index is 11.2. The molecule has 2 aliphatic rings. The van der Waals surface area contributed by atoms with Gasteiger partial charge in [-0.05, 0) is 0 Å². The summed E-state index contributed by atoms with van der Waals surface area (Å²) in [6, 6.07) is -0.00639. The number of likely N-dealkylation sites (tertiary alicyclic amines) is 1. The number of carbonyl (C=O) groups is 1. The van der Waals surface area contributed by atoms with E-state index >= 15 is 0 Å². The van der Waals surface area contributed by atoms with Gasteiger partial charge in [-0.2, -0.15) is 0 Å². The van der Waals surface area contributed by atoms with Crippen LogP contribution in [0.1, 0.15) is 12.8 Å². The smallest absolute Gasteiger partial charge is 0.173 e. The third-order valence-electron chi connectivity index (χ3n) is 2.74. The number of sulfone groups is 1. The number of hydrogen-bond acceptors (Lipinski definition) is 4. The van der Waals surface area contributed by atoms with Crippen LogP contribution in [0.3, 0.4) is 0 Å². The summed E-state index contributed by atoms with van der Waals surface area (Å²) in [7, 11) is -2.97. The number of Topliss-reactive ketones (excluding diaryl/α,β-unsaturated/α-hetero) is 1. The normalized spacial score (nSPS) is 32.3. The van der Waals surface area contributed by atoms with Gasteiger partial charge in [-0.15, -0.1) is 0 Å². The molecular formula is C9H13NO3S. The summed E-state index contributed by atoms with van der Waals surface area (Å²) < 4.78 is 22.3. The van der Waals surface area contributed by atoms with Crippen LogP contribution in [0, 0.1) is 0 Å². The highest BCUT2D eigenvalue weighted by Crippen LogP contribution is 2.17. The van der Waals surface area contributed by atoms with Crippen molar-refractivity contribution in [3.63, 3.8) is 0 Å². The van der Waals surface area contributed by atoms with E-state index in [1.165, 1.54) is 5.41 Å². The van der Waals surface area contributed by atoms with Gasteiger partial charge in [0, 0.05) is 37.4 Å². The van der Waals surface area contributed by atoms with E-state index in [9.17, 15) is 13.2 Å². The van der Waals surface area contributed by atoms with Crippen LogP contribution in [0.4, 0.5) is 0 Å². The second-order valence-corrected chi connectivity index (χ2v) is 5.73. The van der Waals surface area contributed by atoms with Crippen LogP contribution in [0.5, 0.6) is 0 Å². The Morgan fingerprint density at radius 3 is 2.43 bits per heavy atom. The van der Waals surface area contributed by atoms with Gasteiger partial charge in [0.1, 0.15) is 5.78 Å². The molecule has 0 aliphatic carbocycles. The van der Waals surface area contributed by atoms with Gasteiger partial charge in [-0.1, -0.05) is 6.08 Å². The molecule has 0 aromatic rings. The fourth-order valence-corrected chi connectivity index (χ4v) is 3.22. The zero-order chi connectivity index (χ0) is 10.2. The molecule has 0 spiro atoms. The molecule has 1 saturated heterocycles. The zero-order valence-electron chi connectivity index (χ0n) is 7.85. The summed E-state index contributed by atoms with van der Waals surface area (Å²) in [4.78, 5) is 13.1. The number of hydrogen-bond donors (Lipinski definition) is 0. The fraction of sp³-hybridized carbons (Fsp3) is 0.667. The molecule has 2 rings (SSSR count). The van der Waals surface area contributed by atoms with Crippen molar-refractivity contribution in [2.24, 2.45) is 0 Å². The standard InChI is InChI=1S/C9H13NO3S/c11-9-1-4-10(5-2-9)8-3-6-14(12,13)7-8/h3,6,8H,1-2,4-5,7H2. The number of carbonyl (C=O) groups excluding carboxylic acids is 1. The van der Waals surface area contributed by atoms with Crippen molar-refractivity contribution in [2.45, 2.75) is 18.9 Å². The Labute approximate surface area is 83.5 Å². The van der Waals surface area contributed by atoms with Crippen LogP contribution in [0.2, 0.25) is 0 Å². The van der Waals surface area contributed by atoms with Crippen molar-refractivity contribution in [3.8, 4) is 0 Å². The van der Waals surface area contributed by atoms with Gasteiger partial charge in [0.25, 0.3) is 0 Å². The van der Waals surface area contributed by atoms with E-state index < -0.39 is 9.84 Å². The maximum Gasteiger partial charge on any atom is 0.173 e. The molecule has 0 N–H and O–H groups in total. The lowest BCUT2D eigenvalue weighted by molar-refractivity contribution is -0.121. The summed E-state index contributed by atoms with van der Waals surface area (Å²) in [6.45, 7) is 1.40. The molecule has 0 saturated carbocycles. The van der Waals surface area contributed by atoms with Crippen LogP contribution >= 0.6 is 0 Å². The maximum atomic E-state index is 11.2. The average Bonchev–Trinajstić information content (AvgIpc) is 2.47. The molecule has 5 heteroatoms. The molecular weight excluding hydrogens is 202 g/mol. The second-order valence-electron chi connectivity index (χ2n) is 3.80. The highest BCUT2D eigenvalue weighted by Gasteiger charge is 2.29. The monoisotopic (exact) mass is 215 g/mol. The van der Waals surface area contributed by atoms with Gasteiger partial charge in [0.15, 0.2) is 9.84 Å². The Balaban J connectivity index is 1.99. The van der Waals surface area contributed by atoms with Gasteiger partial charge in [-0.3, -0.25) is 9.69 Å². The minimum atomic E-state index is -2.97. The number of piperidine rings is 1. The molecule has 1 unspecified atom stereocenters. The van der Waals surface area contributed by atoms with Crippen LogP contribution in [0.25, 0.3) is 0 Å². The summed E-state index contributed by atoms with van der Waals surface area (Å²) >= 11 is 0. The van der Waals surface area contributed by atoms with Crippen LogP contribution < -0.4 is 0 Å². The van der Waals surface area contributed by atoms with Crippen molar-refractivity contribution in [1.29, 1.82) is 0 Å². The lowest BCUT2D eigenvalue weighted by atomic mass is 10.1. The van der Waals surface area contributed by atoms with Gasteiger partial charge in [0.05, 0.1) is 5.75 Å². The second kappa shape index (κ2) is 3.47. The molecule has 1 atom stereocenters. The predicted octanol–water partition coefficient (Wildman–Crippen LogP) is -0.0380. The Kier molecular flexibility index (Phi) is 2.45. The number of ketones is 1. The summed E-state index contributed by atoms with van der Waals surface area (Å²) in [5, 5.41) is 1.29. The van der Waals surface area contributed by atoms with Crippen molar-refractivity contribution < 1.29 is 13.2 Å². The molecule has 0 aromatic carbocycles. The van der Waals surface area contributed by atoms with Crippen LogP contribution in [0.15, 0.2) is 11.5 Å². The van der Waals surface area contributed by atoms with Gasteiger partial charge < -0.3 is 0 Å². The summed E-state index contributed by atoms with van der Waals surface area (Å²) in [6.07, 6.45) is 2.85. The summed E-state index contributed by atoms with van der Waals surface area (Å²) in [5.41, 5.74) is 0. The third-order valence-corrected chi connectivity index (χ3v) is 4.11. The molecule has 0 bridgehead atoms. The van der Waals surface area contributed by atoms with Crippen molar-refractivity contribution in [1.82, 2.24) is 4.90 Å². The van der Waals surface area contributed by atoms with E-state index in [1.54, 1.807) is 6.08 Å². The highest BCUT2D eigenvalue weighted by atomic mass is 32.2. The number of nitrogens with zero attached hydrogens (tertiary/aromatic N) is 1. The molecule has 0 radical (unpaired) electrons. The first kappa shape index (κ1) is 9.86. The zero-order valence-corrected chi connectivity index (χ0v) is 8.66. The van der Waals surface area contributed by atoms with E-state index in [4.69, 9.17) is 0 Å². The van der Waals surface area contributed by atoms with E-state index in [1.807, 2.05) is 0 Å². The quantitative estimate of drug-likeness (QED) is 0.616.